The summed E-state index contributed by atoms with van der Waals surface area (Å²) in [5, 5.41) is 0. The number of rotatable bonds is 8. The molecule has 0 N–H and O–H groups in total. The van der Waals surface area contributed by atoms with Gasteiger partial charge >= 0.3 is 5.69 Å². The molecule has 0 atom stereocenters. The SMILES string of the molecule is CCCCCCCCCn1cccnc1=O. The quantitative estimate of drug-likeness (QED) is 0.634. The molecule has 16 heavy (non-hydrogen) atoms. The Morgan fingerprint density at radius 3 is 2.50 bits per heavy atom. The van der Waals surface area contributed by atoms with Gasteiger partial charge in [-0.15, -0.1) is 0 Å². The van der Waals surface area contributed by atoms with Crippen molar-refractivity contribution in [1.82, 2.24) is 9.55 Å². The van der Waals surface area contributed by atoms with Crippen LogP contribution in [0, 0.1) is 0 Å². The van der Waals surface area contributed by atoms with Gasteiger partial charge in [0, 0.05) is 18.9 Å². The highest BCUT2D eigenvalue weighted by Gasteiger charge is 1.95. The smallest absolute Gasteiger partial charge is 0.299 e. The van der Waals surface area contributed by atoms with Gasteiger partial charge < -0.3 is 0 Å². The first-order chi connectivity index (χ1) is 7.84. The van der Waals surface area contributed by atoms with Gasteiger partial charge in [-0.3, -0.25) is 4.57 Å². The van der Waals surface area contributed by atoms with E-state index in [4.69, 9.17) is 0 Å². The van der Waals surface area contributed by atoms with Crippen LogP contribution in [-0.2, 0) is 6.54 Å². The van der Waals surface area contributed by atoms with Gasteiger partial charge in [0.05, 0.1) is 0 Å². The molecule has 1 heterocycles. The summed E-state index contributed by atoms with van der Waals surface area (Å²) in [5.41, 5.74) is -0.131. The second-order valence-electron chi connectivity index (χ2n) is 4.22. The monoisotopic (exact) mass is 222 g/mol. The third-order valence-corrected chi connectivity index (χ3v) is 2.79. The number of aryl methyl sites for hydroxylation is 1. The summed E-state index contributed by atoms with van der Waals surface area (Å²) in [6.07, 6.45) is 12.3. The van der Waals surface area contributed by atoms with Crippen molar-refractivity contribution < 1.29 is 0 Å². The predicted octanol–water partition coefficient (Wildman–Crippen LogP) is 2.99. The maximum atomic E-state index is 11.3. The molecule has 3 heteroatoms. The Bertz CT molecular complexity index is 333. The summed E-state index contributed by atoms with van der Waals surface area (Å²) < 4.78 is 1.69. The van der Waals surface area contributed by atoms with Gasteiger partial charge in [-0.1, -0.05) is 45.4 Å². The molecular weight excluding hydrogens is 200 g/mol. The van der Waals surface area contributed by atoms with Crippen LogP contribution in [0.1, 0.15) is 51.9 Å². The van der Waals surface area contributed by atoms with Crippen LogP contribution in [0.25, 0.3) is 0 Å². The lowest BCUT2D eigenvalue weighted by Crippen LogP contribution is -2.21. The Morgan fingerprint density at radius 1 is 1.12 bits per heavy atom. The zero-order valence-electron chi connectivity index (χ0n) is 10.2. The molecule has 0 amide bonds. The minimum absolute atomic E-state index is 0.131. The lowest BCUT2D eigenvalue weighted by molar-refractivity contribution is 0.537. The van der Waals surface area contributed by atoms with Crippen molar-refractivity contribution in [3.8, 4) is 0 Å². The van der Waals surface area contributed by atoms with Crippen molar-refractivity contribution in [3.63, 3.8) is 0 Å². The van der Waals surface area contributed by atoms with Crippen molar-refractivity contribution in [2.75, 3.05) is 0 Å². The molecule has 0 aliphatic rings. The highest BCUT2D eigenvalue weighted by atomic mass is 16.1. The molecule has 0 saturated heterocycles. The highest BCUT2D eigenvalue weighted by molar-refractivity contribution is 4.80. The van der Waals surface area contributed by atoms with Crippen LogP contribution in [0.15, 0.2) is 23.3 Å². The number of unbranched alkanes of at least 4 members (excludes halogenated alkanes) is 6. The van der Waals surface area contributed by atoms with Crippen molar-refractivity contribution in [2.24, 2.45) is 0 Å². The Morgan fingerprint density at radius 2 is 1.81 bits per heavy atom. The summed E-state index contributed by atoms with van der Waals surface area (Å²) in [4.78, 5) is 15.0. The van der Waals surface area contributed by atoms with E-state index in [1.807, 2.05) is 12.3 Å². The Labute approximate surface area is 97.5 Å². The number of hydrogen-bond donors (Lipinski definition) is 0. The van der Waals surface area contributed by atoms with Gasteiger partial charge in [0.2, 0.25) is 0 Å². The lowest BCUT2D eigenvalue weighted by atomic mass is 10.1. The molecular formula is C13H22N2O. The molecule has 0 bridgehead atoms. The predicted molar refractivity (Wildman–Crippen MR) is 66.5 cm³/mol. The fraction of sp³-hybridized carbons (Fsp3) is 0.692. The van der Waals surface area contributed by atoms with Crippen LogP contribution in [0.4, 0.5) is 0 Å². The second kappa shape index (κ2) is 8.08. The first kappa shape index (κ1) is 12.9. The summed E-state index contributed by atoms with van der Waals surface area (Å²) in [6, 6.07) is 1.81. The first-order valence-electron chi connectivity index (χ1n) is 6.36. The van der Waals surface area contributed by atoms with Crippen molar-refractivity contribution in [3.05, 3.63) is 28.9 Å². The normalized spacial score (nSPS) is 10.6. The molecule has 3 nitrogen and oxygen atoms in total. The number of hydrogen-bond acceptors (Lipinski definition) is 2. The molecule has 0 unspecified atom stereocenters. The van der Waals surface area contributed by atoms with E-state index in [0.29, 0.717) is 0 Å². The second-order valence-corrected chi connectivity index (χ2v) is 4.22. The van der Waals surface area contributed by atoms with E-state index in [1.54, 1.807) is 10.8 Å². The van der Waals surface area contributed by atoms with Crippen LogP contribution in [0.3, 0.4) is 0 Å². The molecule has 0 aromatic carbocycles. The van der Waals surface area contributed by atoms with E-state index in [1.165, 1.54) is 38.5 Å². The van der Waals surface area contributed by atoms with Crippen LogP contribution in [-0.4, -0.2) is 9.55 Å². The molecule has 0 spiro atoms. The van der Waals surface area contributed by atoms with E-state index >= 15 is 0 Å². The van der Waals surface area contributed by atoms with Crippen LogP contribution >= 0.6 is 0 Å². The fourth-order valence-electron chi connectivity index (χ4n) is 1.80. The fourth-order valence-corrected chi connectivity index (χ4v) is 1.80. The first-order valence-corrected chi connectivity index (χ1v) is 6.36. The molecule has 1 rings (SSSR count). The standard InChI is InChI=1S/C13H22N2O/c1-2-3-4-5-6-7-8-11-15-12-9-10-14-13(15)16/h9-10,12H,2-8,11H2,1H3. The van der Waals surface area contributed by atoms with E-state index < -0.39 is 0 Å². The summed E-state index contributed by atoms with van der Waals surface area (Å²) in [5.74, 6) is 0. The molecule has 0 fully saturated rings. The largest absolute Gasteiger partial charge is 0.347 e. The Balaban J connectivity index is 2.08. The van der Waals surface area contributed by atoms with E-state index in [0.717, 1.165) is 13.0 Å². The Kier molecular flexibility index (Phi) is 6.54. The van der Waals surface area contributed by atoms with Crippen molar-refractivity contribution in [1.29, 1.82) is 0 Å². The van der Waals surface area contributed by atoms with Gasteiger partial charge in [-0.25, -0.2) is 9.78 Å². The summed E-state index contributed by atoms with van der Waals surface area (Å²) >= 11 is 0. The lowest BCUT2D eigenvalue weighted by Gasteiger charge is -2.03. The zero-order chi connectivity index (χ0) is 11.6. The molecule has 1 aromatic heterocycles. The highest BCUT2D eigenvalue weighted by Crippen LogP contribution is 2.07. The summed E-state index contributed by atoms with van der Waals surface area (Å²) in [7, 11) is 0. The maximum Gasteiger partial charge on any atom is 0.347 e. The average molecular weight is 222 g/mol. The molecule has 90 valence electrons. The van der Waals surface area contributed by atoms with E-state index in [2.05, 4.69) is 11.9 Å². The molecule has 0 aliphatic heterocycles. The van der Waals surface area contributed by atoms with Crippen molar-refractivity contribution >= 4 is 0 Å². The van der Waals surface area contributed by atoms with Crippen molar-refractivity contribution in [2.45, 2.75) is 58.4 Å². The molecule has 0 aliphatic carbocycles. The third kappa shape index (κ3) is 5.10. The molecule has 0 radical (unpaired) electrons. The summed E-state index contributed by atoms with van der Waals surface area (Å²) in [6.45, 7) is 3.04. The third-order valence-electron chi connectivity index (χ3n) is 2.79. The average Bonchev–Trinajstić information content (AvgIpc) is 2.30. The van der Waals surface area contributed by atoms with Gasteiger partial charge in [-0.2, -0.15) is 0 Å². The zero-order valence-corrected chi connectivity index (χ0v) is 10.2. The molecule has 1 aromatic rings. The van der Waals surface area contributed by atoms with Crippen LogP contribution in [0.5, 0.6) is 0 Å². The Hall–Kier alpha value is -1.12. The van der Waals surface area contributed by atoms with Crippen LogP contribution < -0.4 is 5.69 Å². The maximum absolute atomic E-state index is 11.3. The number of nitrogens with zero attached hydrogens (tertiary/aromatic N) is 2. The minimum atomic E-state index is -0.131. The van der Waals surface area contributed by atoms with Gasteiger partial charge in [-0.05, 0) is 12.5 Å². The topological polar surface area (TPSA) is 34.9 Å². The minimum Gasteiger partial charge on any atom is -0.299 e. The van der Waals surface area contributed by atoms with Gasteiger partial charge in [0.25, 0.3) is 0 Å². The number of aromatic nitrogens is 2. The van der Waals surface area contributed by atoms with Gasteiger partial charge in [0.1, 0.15) is 0 Å². The van der Waals surface area contributed by atoms with Crippen LogP contribution in [0.2, 0.25) is 0 Å². The van der Waals surface area contributed by atoms with E-state index in [9.17, 15) is 4.79 Å². The van der Waals surface area contributed by atoms with E-state index in [-0.39, 0.29) is 5.69 Å². The molecule has 0 saturated carbocycles. The van der Waals surface area contributed by atoms with Gasteiger partial charge in [0.15, 0.2) is 0 Å².